The Morgan fingerprint density at radius 3 is 1.21 bits per heavy atom. The summed E-state index contributed by atoms with van der Waals surface area (Å²) >= 11 is 3.98. The maximum Gasteiger partial charge on any atom is 0.141 e. The van der Waals surface area contributed by atoms with Crippen LogP contribution in [0, 0.1) is 0 Å². The molecule has 0 atom stereocenters. The van der Waals surface area contributed by atoms with E-state index in [1.807, 2.05) is 23.5 Å². The van der Waals surface area contributed by atoms with Crippen LogP contribution in [0.3, 0.4) is 0 Å². The Kier molecular flexibility index (Phi) is 7.85. The Balaban J connectivity index is 2.42. The van der Waals surface area contributed by atoms with Crippen LogP contribution in [0.2, 0.25) is 0 Å². The molecule has 0 nitrogen and oxygen atoms in total. The zero-order chi connectivity index (χ0) is 19.8. The van der Waals surface area contributed by atoms with Crippen molar-refractivity contribution in [1.29, 1.82) is 0 Å². The molecule has 0 spiro atoms. The molecule has 0 aromatic heterocycles. The number of hydrogen-bond donors (Lipinski definition) is 0. The fourth-order valence-electron chi connectivity index (χ4n) is 3.63. The predicted octanol–water partition coefficient (Wildman–Crippen LogP) is 6.68. The second-order valence-electron chi connectivity index (χ2n) is 6.42. The molecule has 0 N–H and O–H groups in total. The maximum absolute atomic E-state index is 2.38. The van der Waals surface area contributed by atoms with E-state index in [1.165, 1.54) is 25.5 Å². The third-order valence-corrected chi connectivity index (χ3v) is 12.0. The van der Waals surface area contributed by atoms with Gasteiger partial charge in [-0.15, -0.1) is 23.5 Å². The highest BCUT2D eigenvalue weighted by Gasteiger charge is 2.48. The molecule has 0 saturated carbocycles. The molecule has 3 rings (SSSR count). The van der Waals surface area contributed by atoms with Gasteiger partial charge in [0.05, 0.1) is 4.24 Å². The molecule has 0 unspecified atom stereocenters. The van der Waals surface area contributed by atoms with Crippen LogP contribution in [0.15, 0.2) is 101 Å². The molecule has 0 amide bonds. The van der Waals surface area contributed by atoms with Gasteiger partial charge in [-0.1, -0.05) is 68.4 Å². The zero-order valence-corrected chi connectivity index (χ0v) is 19.4. The van der Waals surface area contributed by atoms with Gasteiger partial charge in [0, 0.05) is 0 Å². The summed E-state index contributed by atoms with van der Waals surface area (Å²) in [4.78, 5) is 0. The van der Waals surface area contributed by atoms with Gasteiger partial charge in [0.1, 0.15) is 28.5 Å². The van der Waals surface area contributed by atoms with Crippen LogP contribution in [0.25, 0.3) is 0 Å². The number of rotatable bonds is 8. The van der Waals surface area contributed by atoms with Crippen LogP contribution in [0.4, 0.5) is 0 Å². The molecule has 0 aliphatic carbocycles. The van der Waals surface area contributed by atoms with Gasteiger partial charge in [0.15, 0.2) is 0 Å². The molecule has 0 aliphatic heterocycles. The second kappa shape index (κ2) is 10.3. The third kappa shape index (κ3) is 4.25. The van der Waals surface area contributed by atoms with Crippen molar-refractivity contribution in [2.24, 2.45) is 0 Å². The van der Waals surface area contributed by atoms with E-state index in [0.717, 1.165) is 11.5 Å². The minimum atomic E-state index is -1.92. The number of benzene rings is 3. The Morgan fingerprint density at radius 2 is 0.929 bits per heavy atom. The fraction of sp³-hybridized carbons (Fsp3) is 0.200. The summed E-state index contributed by atoms with van der Waals surface area (Å²) in [7, 11) is -1.92. The molecular weight excluding hydrogens is 395 g/mol. The highest BCUT2D eigenvalue weighted by Crippen LogP contribution is 2.65. The van der Waals surface area contributed by atoms with Crippen LogP contribution >= 0.6 is 30.8 Å². The lowest BCUT2D eigenvalue weighted by Gasteiger charge is -2.29. The molecule has 3 aromatic carbocycles. The van der Waals surface area contributed by atoms with Gasteiger partial charge in [-0.3, -0.25) is 0 Å². The summed E-state index contributed by atoms with van der Waals surface area (Å²) in [5.41, 5.74) is 0. The highest BCUT2D eigenvalue weighted by molar-refractivity contribution is 8.23. The average molecular weight is 424 g/mol. The van der Waals surface area contributed by atoms with Crippen LogP contribution in [-0.2, 0) is 0 Å². The summed E-state index contributed by atoms with van der Waals surface area (Å²) in [6.45, 7) is 6.88. The Morgan fingerprint density at radius 1 is 0.607 bits per heavy atom. The smallest absolute Gasteiger partial charge is 0.116 e. The zero-order valence-electron chi connectivity index (χ0n) is 16.8. The molecule has 0 aliphatic rings. The van der Waals surface area contributed by atoms with E-state index >= 15 is 0 Å². The summed E-state index contributed by atoms with van der Waals surface area (Å²) in [5, 5.41) is 5.80. The maximum atomic E-state index is 2.38. The molecular formula is C25H28PS2+. The molecule has 3 heteroatoms. The van der Waals surface area contributed by atoms with Crippen molar-refractivity contribution in [2.45, 2.75) is 20.8 Å². The van der Waals surface area contributed by atoms with E-state index in [1.54, 1.807) is 0 Å². The van der Waals surface area contributed by atoms with Crippen LogP contribution < -0.4 is 15.9 Å². The standard InChI is InChI=1S/C25H28PS2/c1-4-27-25(28-5-2)21(3)26(22-15-9-6-10-16-22,23-17-11-7-12-18-23)24-19-13-8-14-20-24/h6-20H,4-5H2,1-3H3/q+1. The first kappa shape index (κ1) is 21.2. The monoisotopic (exact) mass is 423 g/mol. The van der Waals surface area contributed by atoms with Crippen molar-refractivity contribution in [3.63, 3.8) is 0 Å². The van der Waals surface area contributed by atoms with E-state index in [4.69, 9.17) is 0 Å². The van der Waals surface area contributed by atoms with Crippen LogP contribution in [-0.4, -0.2) is 11.5 Å². The minimum absolute atomic E-state index is 1.10. The molecule has 0 saturated heterocycles. The van der Waals surface area contributed by atoms with Gasteiger partial charge in [-0.05, 0) is 54.8 Å². The minimum Gasteiger partial charge on any atom is -0.116 e. The Labute approximate surface area is 179 Å². The SMILES string of the molecule is CCSC(SCC)=C(C)[P+](c1ccccc1)(c1ccccc1)c1ccccc1. The van der Waals surface area contributed by atoms with Gasteiger partial charge >= 0.3 is 0 Å². The van der Waals surface area contributed by atoms with Crippen molar-refractivity contribution in [3.05, 3.63) is 101 Å². The summed E-state index contributed by atoms with van der Waals surface area (Å²) < 4.78 is 1.48. The quantitative estimate of drug-likeness (QED) is 0.371. The molecule has 28 heavy (non-hydrogen) atoms. The molecule has 0 bridgehead atoms. The van der Waals surface area contributed by atoms with Crippen molar-refractivity contribution in [2.75, 3.05) is 11.5 Å². The first-order valence-electron chi connectivity index (χ1n) is 9.78. The lowest BCUT2D eigenvalue weighted by molar-refractivity contribution is 1.52. The first-order chi connectivity index (χ1) is 13.7. The van der Waals surface area contributed by atoms with Gasteiger partial charge in [0.25, 0.3) is 0 Å². The van der Waals surface area contributed by atoms with Crippen molar-refractivity contribution >= 4 is 46.7 Å². The molecule has 0 heterocycles. The largest absolute Gasteiger partial charge is 0.141 e. The average Bonchev–Trinajstić information content (AvgIpc) is 2.76. The Hall–Kier alpha value is -1.47. The third-order valence-electron chi connectivity index (χ3n) is 4.78. The molecule has 0 radical (unpaired) electrons. The number of hydrogen-bond acceptors (Lipinski definition) is 2. The number of allylic oxidation sites excluding steroid dienone is 1. The first-order valence-corrected chi connectivity index (χ1v) is 13.5. The van der Waals surface area contributed by atoms with E-state index in [2.05, 4.69) is 112 Å². The van der Waals surface area contributed by atoms with Crippen molar-refractivity contribution in [1.82, 2.24) is 0 Å². The Bertz CT molecular complexity index is 785. The van der Waals surface area contributed by atoms with Gasteiger partial charge in [0.2, 0.25) is 0 Å². The molecule has 0 fully saturated rings. The van der Waals surface area contributed by atoms with E-state index < -0.39 is 7.26 Å². The molecule has 144 valence electrons. The van der Waals surface area contributed by atoms with Crippen LogP contribution in [0.5, 0.6) is 0 Å². The normalized spacial score (nSPS) is 11.2. The molecule has 3 aromatic rings. The van der Waals surface area contributed by atoms with Crippen LogP contribution in [0.1, 0.15) is 20.8 Å². The van der Waals surface area contributed by atoms with E-state index in [-0.39, 0.29) is 0 Å². The lowest BCUT2D eigenvalue weighted by atomic mass is 10.4. The van der Waals surface area contributed by atoms with E-state index in [0.29, 0.717) is 0 Å². The van der Waals surface area contributed by atoms with Gasteiger partial charge < -0.3 is 0 Å². The predicted molar refractivity (Wildman–Crippen MR) is 134 cm³/mol. The van der Waals surface area contributed by atoms with Crippen molar-refractivity contribution in [3.8, 4) is 0 Å². The highest BCUT2D eigenvalue weighted by atomic mass is 32.2. The fourth-order valence-corrected chi connectivity index (χ4v) is 11.0. The summed E-state index contributed by atoms with van der Waals surface area (Å²) in [6.07, 6.45) is 0. The van der Waals surface area contributed by atoms with Crippen molar-refractivity contribution < 1.29 is 0 Å². The second-order valence-corrected chi connectivity index (χ2v) is 12.8. The topological polar surface area (TPSA) is 0 Å². The summed E-state index contributed by atoms with van der Waals surface area (Å²) in [6, 6.07) is 33.4. The summed E-state index contributed by atoms with van der Waals surface area (Å²) in [5.74, 6) is 2.19. The van der Waals surface area contributed by atoms with Gasteiger partial charge in [-0.2, -0.15) is 0 Å². The van der Waals surface area contributed by atoms with Gasteiger partial charge in [-0.25, -0.2) is 0 Å². The van der Waals surface area contributed by atoms with E-state index in [9.17, 15) is 0 Å². The number of thioether (sulfide) groups is 2. The lowest BCUT2D eigenvalue weighted by Crippen LogP contribution is -2.32.